The normalized spacial score (nSPS) is 17.4. The lowest BCUT2D eigenvalue weighted by Gasteiger charge is -2.03. The monoisotopic (exact) mass is 267 g/mol. The van der Waals surface area contributed by atoms with Crippen molar-refractivity contribution < 1.29 is 9.63 Å². The van der Waals surface area contributed by atoms with E-state index in [0.29, 0.717) is 6.42 Å². The molecule has 1 atom stereocenters. The molecule has 0 fully saturated rings. The summed E-state index contributed by atoms with van der Waals surface area (Å²) in [6.07, 6.45) is 3.32. The van der Waals surface area contributed by atoms with Crippen LogP contribution in [0.4, 0.5) is 0 Å². The summed E-state index contributed by atoms with van der Waals surface area (Å²) in [6.45, 7) is 0. The average molecular weight is 267 g/mol. The van der Waals surface area contributed by atoms with E-state index >= 15 is 0 Å². The number of nitrogens with zero attached hydrogens (tertiary/aromatic N) is 2. The van der Waals surface area contributed by atoms with Crippen LogP contribution in [0.15, 0.2) is 53.9 Å². The number of nitrogens with two attached hydrogens (primary N) is 1. The van der Waals surface area contributed by atoms with Gasteiger partial charge in [0, 0.05) is 18.8 Å². The Bertz CT molecular complexity index is 651. The first-order chi connectivity index (χ1) is 9.74. The second kappa shape index (κ2) is 5.13. The average Bonchev–Trinajstić information content (AvgIpc) is 2.98. The third kappa shape index (κ3) is 2.38. The molecule has 1 aliphatic rings. The summed E-state index contributed by atoms with van der Waals surface area (Å²) < 4.78 is 0. The van der Waals surface area contributed by atoms with Crippen LogP contribution in [0.1, 0.15) is 12.0 Å². The number of benzene rings is 1. The van der Waals surface area contributed by atoms with Gasteiger partial charge in [0.15, 0.2) is 0 Å². The van der Waals surface area contributed by atoms with Crippen LogP contribution < -0.4 is 5.73 Å². The summed E-state index contributed by atoms with van der Waals surface area (Å²) in [5.74, 6) is -0.490. The number of hydrogen-bond donors (Lipinski definition) is 1. The molecular formula is C15H13N3O2. The van der Waals surface area contributed by atoms with Gasteiger partial charge in [-0.3, -0.25) is 9.78 Å². The Morgan fingerprint density at radius 3 is 2.50 bits per heavy atom. The zero-order valence-corrected chi connectivity index (χ0v) is 10.7. The van der Waals surface area contributed by atoms with Crippen molar-refractivity contribution in [3.63, 3.8) is 0 Å². The predicted octanol–water partition coefficient (Wildman–Crippen LogP) is 1.73. The molecule has 2 heterocycles. The van der Waals surface area contributed by atoms with Gasteiger partial charge in [-0.25, -0.2) is 0 Å². The summed E-state index contributed by atoms with van der Waals surface area (Å²) in [5.41, 5.74) is 9.00. The molecule has 0 spiro atoms. The van der Waals surface area contributed by atoms with Gasteiger partial charge in [0.05, 0.1) is 5.71 Å². The van der Waals surface area contributed by atoms with Crippen molar-refractivity contribution in [1.29, 1.82) is 0 Å². The lowest BCUT2D eigenvalue weighted by Crippen LogP contribution is -2.28. The summed E-state index contributed by atoms with van der Waals surface area (Å²) in [5, 5.41) is 3.91. The van der Waals surface area contributed by atoms with Gasteiger partial charge in [-0.15, -0.1) is 0 Å². The molecule has 5 heteroatoms. The molecule has 100 valence electrons. The van der Waals surface area contributed by atoms with Gasteiger partial charge in [-0.1, -0.05) is 35.5 Å². The predicted molar refractivity (Wildman–Crippen MR) is 74.9 cm³/mol. The smallest absolute Gasteiger partial charge is 0.261 e. The van der Waals surface area contributed by atoms with Crippen LogP contribution in [0.3, 0.4) is 0 Å². The highest BCUT2D eigenvalue weighted by Gasteiger charge is 2.26. The number of rotatable bonds is 3. The molecule has 0 saturated carbocycles. The van der Waals surface area contributed by atoms with E-state index in [4.69, 9.17) is 10.6 Å². The molecule has 2 aromatic rings. The van der Waals surface area contributed by atoms with Crippen LogP contribution in [-0.2, 0) is 9.63 Å². The minimum atomic E-state index is -0.650. The van der Waals surface area contributed by atoms with Crippen molar-refractivity contribution in [2.75, 3.05) is 0 Å². The number of carbonyl (C=O) groups is 1. The Morgan fingerprint density at radius 2 is 1.90 bits per heavy atom. The highest BCUT2D eigenvalue weighted by Crippen LogP contribution is 2.21. The molecule has 20 heavy (non-hydrogen) atoms. The minimum Gasteiger partial charge on any atom is -0.382 e. The van der Waals surface area contributed by atoms with Gasteiger partial charge in [0.25, 0.3) is 5.91 Å². The van der Waals surface area contributed by atoms with Crippen molar-refractivity contribution in [2.24, 2.45) is 10.9 Å². The molecule has 5 nitrogen and oxygen atoms in total. The summed E-state index contributed by atoms with van der Waals surface area (Å²) in [4.78, 5) is 20.1. The summed E-state index contributed by atoms with van der Waals surface area (Å²) >= 11 is 0. The molecule has 2 N–H and O–H groups in total. The molecule has 1 amide bonds. The fourth-order valence-electron chi connectivity index (χ4n) is 2.09. The van der Waals surface area contributed by atoms with Crippen molar-refractivity contribution in [3.8, 4) is 11.1 Å². The van der Waals surface area contributed by atoms with Crippen LogP contribution in [0.5, 0.6) is 0 Å². The third-order valence-corrected chi connectivity index (χ3v) is 3.20. The van der Waals surface area contributed by atoms with Gasteiger partial charge < -0.3 is 10.6 Å². The first-order valence-electron chi connectivity index (χ1n) is 6.27. The number of hydrogen-bond acceptors (Lipinski definition) is 4. The fraction of sp³-hybridized carbons (Fsp3) is 0.133. The molecule has 1 aromatic carbocycles. The topological polar surface area (TPSA) is 77.6 Å². The van der Waals surface area contributed by atoms with Crippen LogP contribution in [0, 0.1) is 0 Å². The Kier molecular flexibility index (Phi) is 3.16. The van der Waals surface area contributed by atoms with Crippen LogP contribution >= 0.6 is 0 Å². The van der Waals surface area contributed by atoms with E-state index in [1.165, 1.54) is 0 Å². The van der Waals surface area contributed by atoms with Crippen molar-refractivity contribution in [3.05, 3.63) is 54.4 Å². The Labute approximate surface area is 116 Å². The van der Waals surface area contributed by atoms with Crippen molar-refractivity contribution in [1.82, 2.24) is 4.98 Å². The van der Waals surface area contributed by atoms with E-state index < -0.39 is 12.0 Å². The molecule has 1 aromatic heterocycles. The van der Waals surface area contributed by atoms with E-state index in [-0.39, 0.29) is 0 Å². The minimum absolute atomic E-state index is 0.418. The number of amides is 1. The molecule has 1 aliphatic heterocycles. The lowest BCUT2D eigenvalue weighted by atomic mass is 10.0. The highest BCUT2D eigenvalue weighted by molar-refractivity contribution is 6.04. The van der Waals surface area contributed by atoms with Gasteiger partial charge in [0.2, 0.25) is 6.10 Å². The maximum Gasteiger partial charge on any atom is 0.261 e. The van der Waals surface area contributed by atoms with Crippen LogP contribution in [0.25, 0.3) is 11.1 Å². The number of carbonyl (C=O) groups excluding carboxylic acids is 1. The molecule has 3 rings (SSSR count). The van der Waals surface area contributed by atoms with E-state index in [0.717, 1.165) is 22.4 Å². The second-order valence-corrected chi connectivity index (χ2v) is 4.56. The van der Waals surface area contributed by atoms with Gasteiger partial charge in [-0.05, 0) is 22.8 Å². The van der Waals surface area contributed by atoms with E-state index in [2.05, 4.69) is 10.1 Å². The second-order valence-electron chi connectivity index (χ2n) is 4.56. The highest BCUT2D eigenvalue weighted by atomic mass is 16.6. The number of oxime groups is 1. The standard InChI is InChI=1S/C15H13N3O2/c16-15(19)14-8-13(18-20-14)11-5-3-10(4-6-11)12-2-1-7-17-9-12/h1-7,9,14H,8H2,(H2,16,19). The lowest BCUT2D eigenvalue weighted by molar-refractivity contribution is -0.127. The van der Waals surface area contributed by atoms with E-state index in [1.54, 1.807) is 6.20 Å². The van der Waals surface area contributed by atoms with Gasteiger partial charge in [-0.2, -0.15) is 0 Å². The first kappa shape index (κ1) is 12.3. The summed E-state index contributed by atoms with van der Waals surface area (Å²) in [7, 11) is 0. The Hall–Kier alpha value is -2.69. The maximum atomic E-state index is 11.0. The van der Waals surface area contributed by atoms with E-state index in [9.17, 15) is 4.79 Å². The molecule has 0 bridgehead atoms. The third-order valence-electron chi connectivity index (χ3n) is 3.20. The first-order valence-corrected chi connectivity index (χ1v) is 6.27. The number of aromatic nitrogens is 1. The zero-order valence-electron chi connectivity index (χ0n) is 10.7. The quantitative estimate of drug-likeness (QED) is 0.919. The zero-order chi connectivity index (χ0) is 13.9. The molecular weight excluding hydrogens is 254 g/mol. The number of pyridine rings is 1. The molecule has 0 aliphatic carbocycles. The number of primary amides is 1. The maximum absolute atomic E-state index is 11.0. The Morgan fingerprint density at radius 1 is 1.15 bits per heavy atom. The Balaban J connectivity index is 1.79. The van der Waals surface area contributed by atoms with Gasteiger partial charge in [0.1, 0.15) is 0 Å². The van der Waals surface area contributed by atoms with Gasteiger partial charge >= 0.3 is 0 Å². The largest absolute Gasteiger partial charge is 0.382 e. The van der Waals surface area contributed by atoms with Crippen LogP contribution in [0.2, 0.25) is 0 Å². The SMILES string of the molecule is NC(=O)C1CC(c2ccc(-c3cccnc3)cc2)=NO1. The van der Waals surface area contributed by atoms with E-state index in [1.807, 2.05) is 42.6 Å². The molecule has 1 unspecified atom stereocenters. The molecule has 0 radical (unpaired) electrons. The summed E-state index contributed by atoms with van der Waals surface area (Å²) in [6, 6.07) is 11.8. The van der Waals surface area contributed by atoms with Crippen molar-refractivity contribution in [2.45, 2.75) is 12.5 Å². The molecule has 0 saturated heterocycles. The van der Waals surface area contributed by atoms with Crippen LogP contribution in [-0.4, -0.2) is 22.7 Å². The fourth-order valence-corrected chi connectivity index (χ4v) is 2.09. The van der Waals surface area contributed by atoms with Crippen molar-refractivity contribution >= 4 is 11.6 Å².